The molecule has 8 nitrogen and oxygen atoms in total. The molecule has 0 spiro atoms. The minimum atomic E-state index is -1.05. The van der Waals surface area contributed by atoms with E-state index < -0.39 is 5.54 Å². The maximum absolute atomic E-state index is 13.7. The van der Waals surface area contributed by atoms with Crippen molar-refractivity contribution >= 4 is 28.2 Å². The zero-order valence-corrected chi connectivity index (χ0v) is 20.2. The van der Waals surface area contributed by atoms with Crippen molar-refractivity contribution in [3.8, 4) is 0 Å². The van der Waals surface area contributed by atoms with Gasteiger partial charge in [0.25, 0.3) is 0 Å². The van der Waals surface area contributed by atoms with Gasteiger partial charge in [-0.05, 0) is 13.0 Å². The molecular formula is C29H25N5O3. The number of carbonyl (C=O) groups excluding carboxylic acids is 1. The highest BCUT2D eigenvalue weighted by Gasteiger charge is 2.29. The number of hydrogen-bond donors (Lipinski definition) is 2. The molecule has 37 heavy (non-hydrogen) atoms. The van der Waals surface area contributed by atoms with Gasteiger partial charge in [-0.15, -0.1) is 0 Å². The summed E-state index contributed by atoms with van der Waals surface area (Å²) >= 11 is 0. The number of fused-ring (bicyclic) bond motifs is 1. The van der Waals surface area contributed by atoms with Crippen LogP contribution in [0.2, 0.25) is 0 Å². The standard InChI is InChI=1S/C29H25N5O3/c1-29(17-35,18-36)34-16-25(24-15-31-19-32-28(24)34)27(37)22-12-23(14-30-13-22)33-26(20-8-4-2-5-9-20)21-10-6-3-7-11-21/h2-16,19,35-36H,17-18H2,1H3. The number of aliphatic imine (C=N–C) groups is 1. The van der Waals surface area contributed by atoms with Gasteiger partial charge in [0.15, 0.2) is 5.78 Å². The number of nitrogens with zero attached hydrogens (tertiary/aromatic N) is 5. The number of pyridine rings is 1. The number of carbonyl (C=O) groups is 1. The molecule has 2 N–H and O–H groups in total. The Labute approximate surface area is 213 Å². The number of ketones is 1. The summed E-state index contributed by atoms with van der Waals surface area (Å²) in [5.74, 6) is -0.290. The second-order valence-electron chi connectivity index (χ2n) is 8.94. The number of rotatable bonds is 8. The first-order valence-electron chi connectivity index (χ1n) is 11.8. The van der Waals surface area contributed by atoms with Gasteiger partial charge in [0, 0.05) is 40.7 Å². The first-order valence-corrected chi connectivity index (χ1v) is 11.8. The molecule has 3 heterocycles. The normalized spacial score (nSPS) is 11.4. The van der Waals surface area contributed by atoms with Crippen molar-refractivity contribution in [1.82, 2.24) is 19.5 Å². The summed E-state index contributed by atoms with van der Waals surface area (Å²) in [5.41, 5.74) is 3.27. The van der Waals surface area contributed by atoms with Crippen LogP contribution in [0.5, 0.6) is 0 Å². The Hall–Kier alpha value is -4.53. The van der Waals surface area contributed by atoms with E-state index in [1.54, 1.807) is 36.1 Å². The van der Waals surface area contributed by atoms with Crippen LogP contribution in [0.25, 0.3) is 11.0 Å². The fourth-order valence-electron chi connectivity index (χ4n) is 4.15. The van der Waals surface area contributed by atoms with Gasteiger partial charge in [-0.1, -0.05) is 60.7 Å². The number of benzene rings is 2. The van der Waals surface area contributed by atoms with Crippen molar-refractivity contribution in [2.45, 2.75) is 12.5 Å². The summed E-state index contributed by atoms with van der Waals surface area (Å²) in [4.78, 5) is 31.2. The van der Waals surface area contributed by atoms with Gasteiger partial charge >= 0.3 is 0 Å². The van der Waals surface area contributed by atoms with Gasteiger partial charge < -0.3 is 14.8 Å². The highest BCUT2D eigenvalue weighted by Crippen LogP contribution is 2.28. The molecule has 0 saturated carbocycles. The van der Waals surface area contributed by atoms with Crippen LogP contribution in [0.3, 0.4) is 0 Å². The van der Waals surface area contributed by atoms with Crippen molar-refractivity contribution in [3.05, 3.63) is 120 Å². The topological polar surface area (TPSA) is 113 Å². The largest absolute Gasteiger partial charge is 0.394 e. The molecule has 8 heteroatoms. The van der Waals surface area contributed by atoms with Gasteiger partial charge in [-0.2, -0.15) is 0 Å². The fraction of sp³-hybridized carbons (Fsp3) is 0.138. The number of aliphatic hydroxyl groups is 2. The van der Waals surface area contributed by atoms with Crippen LogP contribution in [-0.2, 0) is 5.54 Å². The molecule has 0 unspecified atom stereocenters. The quantitative estimate of drug-likeness (QED) is 0.251. The first-order chi connectivity index (χ1) is 18.0. The number of hydrogen-bond acceptors (Lipinski definition) is 7. The van der Waals surface area contributed by atoms with Crippen LogP contribution < -0.4 is 0 Å². The van der Waals surface area contributed by atoms with Crippen molar-refractivity contribution in [2.24, 2.45) is 4.99 Å². The molecule has 0 amide bonds. The molecule has 3 aromatic heterocycles. The second-order valence-corrected chi connectivity index (χ2v) is 8.94. The molecule has 0 bridgehead atoms. The van der Waals surface area contributed by atoms with Gasteiger partial charge in [0.1, 0.15) is 12.0 Å². The van der Waals surface area contributed by atoms with E-state index in [9.17, 15) is 15.0 Å². The van der Waals surface area contributed by atoms with E-state index in [1.165, 1.54) is 12.5 Å². The summed E-state index contributed by atoms with van der Waals surface area (Å²) in [7, 11) is 0. The lowest BCUT2D eigenvalue weighted by molar-refractivity contribution is 0.0806. The predicted molar refractivity (Wildman–Crippen MR) is 141 cm³/mol. The monoisotopic (exact) mass is 491 g/mol. The Morgan fingerprint density at radius 3 is 2.16 bits per heavy atom. The van der Waals surface area contributed by atoms with Crippen molar-refractivity contribution in [3.63, 3.8) is 0 Å². The average Bonchev–Trinajstić information content (AvgIpc) is 3.36. The molecule has 0 atom stereocenters. The van der Waals surface area contributed by atoms with Crippen LogP contribution in [0.15, 0.2) is 103 Å². The Balaban J connectivity index is 1.59. The van der Waals surface area contributed by atoms with E-state index in [4.69, 9.17) is 4.99 Å². The lowest BCUT2D eigenvalue weighted by Gasteiger charge is -2.27. The molecule has 0 aliphatic rings. The van der Waals surface area contributed by atoms with Crippen LogP contribution in [0, 0.1) is 0 Å². The Bertz CT molecular complexity index is 1530. The van der Waals surface area contributed by atoms with E-state index in [-0.39, 0.29) is 19.0 Å². The molecule has 0 saturated heterocycles. The lowest BCUT2D eigenvalue weighted by Crippen LogP contribution is -2.37. The highest BCUT2D eigenvalue weighted by atomic mass is 16.3. The predicted octanol–water partition coefficient (Wildman–Crippen LogP) is 3.93. The molecule has 2 aromatic carbocycles. The first kappa shape index (κ1) is 24.2. The summed E-state index contributed by atoms with van der Waals surface area (Å²) < 4.78 is 1.62. The maximum atomic E-state index is 13.7. The fourth-order valence-corrected chi connectivity index (χ4v) is 4.15. The molecule has 0 aliphatic heterocycles. The zero-order chi connectivity index (χ0) is 25.8. The van der Waals surface area contributed by atoms with Gasteiger partial charge in [-0.25, -0.2) is 15.0 Å². The smallest absolute Gasteiger partial charge is 0.196 e. The minimum Gasteiger partial charge on any atom is -0.394 e. The summed E-state index contributed by atoms with van der Waals surface area (Å²) in [6.07, 6.45) is 7.64. The third-order valence-electron chi connectivity index (χ3n) is 6.30. The van der Waals surface area contributed by atoms with Gasteiger partial charge in [0.2, 0.25) is 0 Å². The zero-order valence-electron chi connectivity index (χ0n) is 20.2. The summed E-state index contributed by atoms with van der Waals surface area (Å²) in [5, 5.41) is 20.4. The Morgan fingerprint density at radius 1 is 0.892 bits per heavy atom. The Kier molecular flexibility index (Phi) is 6.68. The number of aliphatic hydroxyl groups excluding tert-OH is 2. The van der Waals surface area contributed by atoms with Gasteiger partial charge in [-0.3, -0.25) is 9.78 Å². The molecular weight excluding hydrogens is 466 g/mol. The molecule has 184 valence electrons. The van der Waals surface area contributed by atoms with E-state index in [2.05, 4.69) is 15.0 Å². The van der Waals surface area contributed by atoms with Crippen molar-refractivity contribution in [1.29, 1.82) is 0 Å². The molecule has 5 aromatic rings. The SMILES string of the molecule is CC(CO)(CO)n1cc(C(=O)c2cncc(N=C(c3ccccc3)c3ccccc3)c2)c2cncnc21. The van der Waals surface area contributed by atoms with Crippen LogP contribution in [-0.4, -0.2) is 54.4 Å². The molecule has 0 aliphatic carbocycles. The third kappa shape index (κ3) is 4.67. The highest BCUT2D eigenvalue weighted by molar-refractivity contribution is 6.17. The third-order valence-corrected chi connectivity index (χ3v) is 6.30. The molecule has 5 rings (SSSR count). The minimum absolute atomic E-state index is 0.290. The second kappa shape index (κ2) is 10.2. The van der Waals surface area contributed by atoms with Crippen molar-refractivity contribution < 1.29 is 15.0 Å². The molecule has 0 fully saturated rings. The van der Waals surface area contributed by atoms with Crippen LogP contribution >= 0.6 is 0 Å². The lowest BCUT2D eigenvalue weighted by atomic mass is 10.0. The average molecular weight is 492 g/mol. The molecule has 0 radical (unpaired) electrons. The van der Waals surface area contributed by atoms with Crippen LogP contribution in [0.4, 0.5) is 5.69 Å². The van der Waals surface area contributed by atoms with Gasteiger partial charge in [0.05, 0.1) is 41.9 Å². The summed E-state index contributed by atoms with van der Waals surface area (Å²) in [6.45, 7) is 1.02. The number of aromatic nitrogens is 4. The van der Waals surface area contributed by atoms with Crippen LogP contribution in [0.1, 0.15) is 34.0 Å². The Morgan fingerprint density at radius 2 is 1.54 bits per heavy atom. The van der Waals surface area contributed by atoms with E-state index in [0.717, 1.165) is 16.8 Å². The van der Waals surface area contributed by atoms with E-state index >= 15 is 0 Å². The van der Waals surface area contributed by atoms with Crippen molar-refractivity contribution in [2.75, 3.05) is 13.2 Å². The summed E-state index contributed by atoms with van der Waals surface area (Å²) in [6, 6.07) is 21.4. The van der Waals surface area contributed by atoms with E-state index in [0.29, 0.717) is 27.8 Å². The van der Waals surface area contributed by atoms with E-state index in [1.807, 2.05) is 60.7 Å². The maximum Gasteiger partial charge on any atom is 0.196 e.